The third kappa shape index (κ3) is 2.30. The lowest BCUT2D eigenvalue weighted by Gasteiger charge is -2.18. The minimum absolute atomic E-state index is 0.0778. The number of nitrogens with one attached hydrogen (secondary N) is 1. The van der Waals surface area contributed by atoms with Crippen LogP contribution in [-0.2, 0) is 14.2 Å². The fraction of sp³-hybridized carbons (Fsp3) is 0.909. The van der Waals surface area contributed by atoms with Crippen molar-refractivity contribution in [1.82, 2.24) is 5.32 Å². The van der Waals surface area contributed by atoms with Crippen LogP contribution in [0, 0.1) is 5.92 Å². The summed E-state index contributed by atoms with van der Waals surface area (Å²) in [6.07, 6.45) is -0.675. The number of carbonyl (C=O) groups excluding carboxylic acids is 1. The lowest BCUT2D eigenvalue weighted by molar-refractivity contribution is 0.00274. The number of carbonyl (C=O) groups is 1. The molecular formula is C11H19NO4. The van der Waals surface area contributed by atoms with Crippen molar-refractivity contribution < 1.29 is 19.0 Å². The van der Waals surface area contributed by atoms with Crippen LogP contribution in [-0.4, -0.2) is 43.7 Å². The van der Waals surface area contributed by atoms with Crippen molar-refractivity contribution in [2.45, 2.75) is 45.1 Å². The normalized spacial score (nSPS) is 37.5. The van der Waals surface area contributed by atoms with E-state index in [-0.39, 0.29) is 24.4 Å². The SMILES string of the molecule is CC(C)NC(=O)OC1COC2C(C)COC12. The molecule has 1 amide bonds. The highest BCUT2D eigenvalue weighted by Gasteiger charge is 2.47. The van der Waals surface area contributed by atoms with Gasteiger partial charge in [-0.25, -0.2) is 4.79 Å². The molecule has 92 valence electrons. The van der Waals surface area contributed by atoms with E-state index in [4.69, 9.17) is 14.2 Å². The predicted molar refractivity (Wildman–Crippen MR) is 57.2 cm³/mol. The molecule has 0 aliphatic carbocycles. The lowest BCUT2D eigenvalue weighted by atomic mass is 10.0. The van der Waals surface area contributed by atoms with Crippen molar-refractivity contribution >= 4 is 6.09 Å². The van der Waals surface area contributed by atoms with E-state index in [1.807, 2.05) is 13.8 Å². The van der Waals surface area contributed by atoms with E-state index in [1.54, 1.807) is 0 Å². The maximum atomic E-state index is 11.4. The van der Waals surface area contributed by atoms with Gasteiger partial charge in [-0.05, 0) is 13.8 Å². The van der Waals surface area contributed by atoms with Gasteiger partial charge in [0.05, 0.1) is 19.3 Å². The summed E-state index contributed by atoms with van der Waals surface area (Å²) in [5.74, 6) is 0.381. The van der Waals surface area contributed by atoms with E-state index >= 15 is 0 Å². The third-order valence-corrected chi connectivity index (χ3v) is 2.92. The first kappa shape index (κ1) is 11.7. The first-order valence-electron chi connectivity index (χ1n) is 5.78. The van der Waals surface area contributed by atoms with Crippen molar-refractivity contribution in [3.8, 4) is 0 Å². The Hall–Kier alpha value is -0.810. The molecule has 0 radical (unpaired) electrons. The largest absolute Gasteiger partial charge is 0.441 e. The molecule has 2 aliphatic heterocycles. The molecule has 2 fully saturated rings. The average Bonchev–Trinajstić information content (AvgIpc) is 2.70. The van der Waals surface area contributed by atoms with Gasteiger partial charge in [-0.15, -0.1) is 0 Å². The Kier molecular flexibility index (Phi) is 3.35. The quantitative estimate of drug-likeness (QED) is 0.765. The second-order valence-electron chi connectivity index (χ2n) is 4.82. The first-order chi connectivity index (χ1) is 7.58. The van der Waals surface area contributed by atoms with E-state index in [0.29, 0.717) is 19.1 Å². The molecule has 2 saturated heterocycles. The highest BCUT2D eigenvalue weighted by Crippen LogP contribution is 2.32. The van der Waals surface area contributed by atoms with Crippen LogP contribution in [0.25, 0.3) is 0 Å². The van der Waals surface area contributed by atoms with E-state index in [9.17, 15) is 4.79 Å². The molecule has 2 aliphatic rings. The number of amides is 1. The Balaban J connectivity index is 1.85. The molecule has 2 heterocycles. The number of hydrogen-bond donors (Lipinski definition) is 1. The van der Waals surface area contributed by atoms with Crippen LogP contribution in [0.4, 0.5) is 4.79 Å². The second-order valence-corrected chi connectivity index (χ2v) is 4.82. The van der Waals surface area contributed by atoms with Gasteiger partial charge >= 0.3 is 6.09 Å². The molecular weight excluding hydrogens is 210 g/mol. The smallest absolute Gasteiger partial charge is 0.407 e. The Labute approximate surface area is 95.4 Å². The zero-order valence-electron chi connectivity index (χ0n) is 9.93. The van der Waals surface area contributed by atoms with Gasteiger partial charge in [0.1, 0.15) is 6.10 Å². The molecule has 4 unspecified atom stereocenters. The summed E-state index contributed by atoms with van der Waals surface area (Å²) in [7, 11) is 0. The summed E-state index contributed by atoms with van der Waals surface area (Å²) in [5, 5.41) is 2.69. The van der Waals surface area contributed by atoms with Crippen LogP contribution in [0.1, 0.15) is 20.8 Å². The standard InChI is InChI=1S/C11H19NO4/c1-6(2)12-11(13)16-8-5-15-9-7(3)4-14-10(8)9/h6-10H,4-5H2,1-3H3,(H,12,13). The third-order valence-electron chi connectivity index (χ3n) is 2.92. The van der Waals surface area contributed by atoms with E-state index in [2.05, 4.69) is 12.2 Å². The summed E-state index contributed by atoms with van der Waals surface area (Å²) < 4.78 is 16.4. The number of alkyl carbamates (subject to hydrolysis) is 1. The van der Waals surface area contributed by atoms with Gasteiger partial charge in [0, 0.05) is 12.0 Å². The van der Waals surface area contributed by atoms with Crippen LogP contribution < -0.4 is 5.32 Å². The van der Waals surface area contributed by atoms with Crippen LogP contribution in [0.15, 0.2) is 0 Å². The van der Waals surface area contributed by atoms with Crippen molar-refractivity contribution in [3.63, 3.8) is 0 Å². The van der Waals surface area contributed by atoms with Gasteiger partial charge in [-0.3, -0.25) is 0 Å². The molecule has 0 aromatic carbocycles. The molecule has 0 saturated carbocycles. The molecule has 0 spiro atoms. The second kappa shape index (κ2) is 4.59. The number of fused-ring (bicyclic) bond motifs is 1. The Morgan fingerprint density at radius 1 is 1.31 bits per heavy atom. The van der Waals surface area contributed by atoms with Crippen LogP contribution in [0.2, 0.25) is 0 Å². The number of rotatable bonds is 2. The van der Waals surface area contributed by atoms with E-state index in [0.717, 1.165) is 0 Å². The van der Waals surface area contributed by atoms with Crippen molar-refractivity contribution in [3.05, 3.63) is 0 Å². The van der Waals surface area contributed by atoms with Gasteiger partial charge in [0.15, 0.2) is 6.10 Å². The molecule has 16 heavy (non-hydrogen) atoms. The predicted octanol–water partition coefficient (Wildman–Crippen LogP) is 0.923. The minimum atomic E-state index is -0.396. The fourth-order valence-electron chi connectivity index (χ4n) is 2.16. The van der Waals surface area contributed by atoms with E-state index < -0.39 is 6.09 Å². The van der Waals surface area contributed by atoms with Crippen molar-refractivity contribution in [2.24, 2.45) is 5.92 Å². The molecule has 2 rings (SSSR count). The maximum absolute atomic E-state index is 11.4. The zero-order chi connectivity index (χ0) is 11.7. The molecule has 5 heteroatoms. The molecule has 0 aromatic heterocycles. The lowest BCUT2D eigenvalue weighted by Crippen LogP contribution is -2.38. The zero-order valence-corrected chi connectivity index (χ0v) is 9.93. The highest BCUT2D eigenvalue weighted by atomic mass is 16.6. The van der Waals surface area contributed by atoms with Gasteiger partial charge in [0.2, 0.25) is 0 Å². The molecule has 1 N–H and O–H groups in total. The Morgan fingerprint density at radius 3 is 2.69 bits per heavy atom. The summed E-state index contributed by atoms with van der Waals surface area (Å²) in [5.41, 5.74) is 0. The summed E-state index contributed by atoms with van der Waals surface area (Å²) in [6.45, 7) is 6.99. The Bertz CT molecular complexity index is 269. The van der Waals surface area contributed by atoms with Crippen LogP contribution >= 0.6 is 0 Å². The Morgan fingerprint density at radius 2 is 2.00 bits per heavy atom. The summed E-state index contributed by atoms with van der Waals surface area (Å²) in [6, 6.07) is 0.0778. The fourth-order valence-corrected chi connectivity index (χ4v) is 2.16. The van der Waals surface area contributed by atoms with Gasteiger partial charge in [0.25, 0.3) is 0 Å². The topological polar surface area (TPSA) is 56.8 Å². The van der Waals surface area contributed by atoms with Gasteiger partial charge < -0.3 is 19.5 Å². The molecule has 4 atom stereocenters. The molecule has 0 bridgehead atoms. The maximum Gasteiger partial charge on any atom is 0.407 e. The molecule has 5 nitrogen and oxygen atoms in total. The van der Waals surface area contributed by atoms with E-state index in [1.165, 1.54) is 0 Å². The minimum Gasteiger partial charge on any atom is -0.441 e. The van der Waals surface area contributed by atoms with Crippen LogP contribution in [0.3, 0.4) is 0 Å². The molecule has 0 aromatic rings. The van der Waals surface area contributed by atoms with Crippen molar-refractivity contribution in [1.29, 1.82) is 0 Å². The van der Waals surface area contributed by atoms with Crippen molar-refractivity contribution in [2.75, 3.05) is 13.2 Å². The average molecular weight is 229 g/mol. The van der Waals surface area contributed by atoms with Gasteiger partial charge in [-0.2, -0.15) is 0 Å². The van der Waals surface area contributed by atoms with Gasteiger partial charge in [-0.1, -0.05) is 6.92 Å². The highest BCUT2D eigenvalue weighted by molar-refractivity contribution is 5.67. The summed E-state index contributed by atoms with van der Waals surface area (Å²) in [4.78, 5) is 11.4. The van der Waals surface area contributed by atoms with Crippen LogP contribution in [0.5, 0.6) is 0 Å². The first-order valence-corrected chi connectivity index (χ1v) is 5.78. The summed E-state index contributed by atoms with van der Waals surface area (Å²) >= 11 is 0. The monoisotopic (exact) mass is 229 g/mol. The number of ether oxygens (including phenoxy) is 3. The number of hydrogen-bond acceptors (Lipinski definition) is 4.